The minimum atomic E-state index is -0.186. The summed E-state index contributed by atoms with van der Waals surface area (Å²) in [4.78, 5) is 23.5. The maximum atomic E-state index is 12.0. The minimum absolute atomic E-state index is 0.133. The van der Waals surface area contributed by atoms with E-state index < -0.39 is 0 Å². The number of ether oxygens (including phenoxy) is 1. The SMILES string of the molecule is CCNC1=C(OC)C(=O)c2cccc(=O)cc21. The van der Waals surface area contributed by atoms with Gasteiger partial charge in [-0.25, -0.2) is 0 Å². The van der Waals surface area contributed by atoms with E-state index in [-0.39, 0.29) is 17.0 Å². The molecule has 1 aromatic carbocycles. The zero-order chi connectivity index (χ0) is 12.4. The van der Waals surface area contributed by atoms with Crippen LogP contribution in [-0.2, 0) is 4.74 Å². The molecule has 4 nitrogen and oxygen atoms in total. The lowest BCUT2D eigenvalue weighted by Gasteiger charge is -2.06. The van der Waals surface area contributed by atoms with Crippen LogP contribution in [0.1, 0.15) is 22.8 Å². The van der Waals surface area contributed by atoms with Crippen LogP contribution in [0.15, 0.2) is 34.8 Å². The average Bonchev–Trinajstić information content (AvgIpc) is 2.47. The monoisotopic (exact) mass is 231 g/mol. The third-order valence-electron chi connectivity index (χ3n) is 2.61. The van der Waals surface area contributed by atoms with Gasteiger partial charge in [-0.1, -0.05) is 12.1 Å². The molecule has 0 aromatic heterocycles. The van der Waals surface area contributed by atoms with E-state index in [1.807, 2.05) is 6.92 Å². The zero-order valence-electron chi connectivity index (χ0n) is 9.74. The van der Waals surface area contributed by atoms with E-state index in [0.717, 1.165) is 0 Å². The summed E-state index contributed by atoms with van der Waals surface area (Å²) in [6.45, 7) is 2.57. The van der Waals surface area contributed by atoms with E-state index in [9.17, 15) is 9.59 Å². The Labute approximate surface area is 98.9 Å². The second-order valence-corrected chi connectivity index (χ2v) is 3.67. The van der Waals surface area contributed by atoms with Gasteiger partial charge in [-0.3, -0.25) is 9.59 Å². The summed E-state index contributed by atoms with van der Waals surface area (Å²) in [6.07, 6.45) is 0. The van der Waals surface area contributed by atoms with Crippen molar-refractivity contribution in [2.75, 3.05) is 13.7 Å². The van der Waals surface area contributed by atoms with Crippen LogP contribution in [0.25, 0.3) is 5.70 Å². The van der Waals surface area contributed by atoms with Gasteiger partial charge in [0.15, 0.2) is 11.2 Å². The fourth-order valence-electron chi connectivity index (χ4n) is 1.91. The molecule has 0 amide bonds. The molecular formula is C13H13NO3. The zero-order valence-corrected chi connectivity index (χ0v) is 9.74. The van der Waals surface area contributed by atoms with Gasteiger partial charge in [-0.05, 0) is 19.1 Å². The van der Waals surface area contributed by atoms with Gasteiger partial charge in [-0.2, -0.15) is 0 Å². The van der Waals surface area contributed by atoms with E-state index in [0.29, 0.717) is 23.4 Å². The van der Waals surface area contributed by atoms with E-state index in [4.69, 9.17) is 4.74 Å². The molecule has 1 N–H and O–H groups in total. The van der Waals surface area contributed by atoms with Gasteiger partial charge >= 0.3 is 0 Å². The molecule has 0 aliphatic heterocycles. The number of nitrogens with one attached hydrogen (secondary N) is 1. The van der Waals surface area contributed by atoms with Gasteiger partial charge in [-0.15, -0.1) is 0 Å². The summed E-state index contributed by atoms with van der Waals surface area (Å²) in [5, 5.41) is 3.07. The molecular weight excluding hydrogens is 218 g/mol. The Hall–Kier alpha value is -2.10. The van der Waals surface area contributed by atoms with Crippen LogP contribution >= 0.6 is 0 Å². The second kappa shape index (κ2) is 4.41. The van der Waals surface area contributed by atoms with Gasteiger partial charge in [0.05, 0.1) is 12.8 Å². The first-order valence-corrected chi connectivity index (χ1v) is 5.40. The molecule has 0 saturated carbocycles. The van der Waals surface area contributed by atoms with Crippen LogP contribution < -0.4 is 10.7 Å². The molecule has 4 heteroatoms. The number of carbonyl (C=O) groups is 1. The highest BCUT2D eigenvalue weighted by Crippen LogP contribution is 2.29. The largest absolute Gasteiger partial charge is 0.491 e. The maximum Gasteiger partial charge on any atom is 0.230 e. The molecule has 0 unspecified atom stereocenters. The predicted molar refractivity (Wildman–Crippen MR) is 64.6 cm³/mol. The van der Waals surface area contributed by atoms with Crippen molar-refractivity contribution in [2.45, 2.75) is 6.92 Å². The normalized spacial score (nSPS) is 13.6. The van der Waals surface area contributed by atoms with Gasteiger partial charge in [0, 0.05) is 17.7 Å². The molecule has 2 rings (SSSR count). The fourth-order valence-corrected chi connectivity index (χ4v) is 1.91. The Balaban J connectivity index is 2.70. The number of fused-ring (bicyclic) bond motifs is 1. The molecule has 0 bridgehead atoms. The number of allylic oxidation sites excluding steroid dienone is 1. The van der Waals surface area contributed by atoms with Crippen molar-refractivity contribution < 1.29 is 9.53 Å². The number of hydrogen-bond acceptors (Lipinski definition) is 4. The third kappa shape index (κ3) is 1.82. The summed E-state index contributed by atoms with van der Waals surface area (Å²) in [6, 6.07) is 6.11. The van der Waals surface area contributed by atoms with Crippen LogP contribution in [0.3, 0.4) is 0 Å². The fraction of sp³-hybridized carbons (Fsp3) is 0.231. The molecule has 0 spiro atoms. The van der Waals surface area contributed by atoms with Crippen LogP contribution in [0.5, 0.6) is 0 Å². The standard InChI is InChI=1S/C13H13NO3/c1-3-14-11-10-7-8(15)5-4-6-9(10)12(16)13(11)17-2/h4-7,14H,3H2,1-2H3. The highest BCUT2D eigenvalue weighted by molar-refractivity contribution is 6.18. The van der Waals surface area contributed by atoms with E-state index in [1.54, 1.807) is 12.1 Å². The molecule has 0 fully saturated rings. The van der Waals surface area contributed by atoms with Gasteiger partial charge < -0.3 is 10.1 Å². The Bertz CT molecular complexity index is 561. The topological polar surface area (TPSA) is 55.4 Å². The first-order chi connectivity index (χ1) is 8.19. The van der Waals surface area contributed by atoms with Crippen molar-refractivity contribution in [3.63, 3.8) is 0 Å². The lowest BCUT2D eigenvalue weighted by molar-refractivity contribution is 0.0961. The molecule has 1 aliphatic carbocycles. The number of rotatable bonds is 3. The maximum absolute atomic E-state index is 12.0. The van der Waals surface area contributed by atoms with Crippen LogP contribution in [0.4, 0.5) is 0 Å². The molecule has 17 heavy (non-hydrogen) atoms. The second-order valence-electron chi connectivity index (χ2n) is 3.67. The van der Waals surface area contributed by atoms with Crippen molar-refractivity contribution in [1.82, 2.24) is 5.32 Å². The lowest BCUT2D eigenvalue weighted by atomic mass is 10.1. The molecule has 0 saturated heterocycles. The summed E-state index contributed by atoms with van der Waals surface area (Å²) in [7, 11) is 1.45. The molecule has 0 atom stereocenters. The molecule has 1 aromatic rings. The number of methoxy groups -OCH3 is 1. The van der Waals surface area contributed by atoms with Crippen molar-refractivity contribution >= 4 is 11.5 Å². The van der Waals surface area contributed by atoms with Gasteiger partial charge in [0.25, 0.3) is 0 Å². The highest BCUT2D eigenvalue weighted by atomic mass is 16.5. The van der Waals surface area contributed by atoms with Crippen LogP contribution in [-0.4, -0.2) is 19.4 Å². The highest BCUT2D eigenvalue weighted by Gasteiger charge is 2.30. The summed E-state index contributed by atoms with van der Waals surface area (Å²) >= 11 is 0. The molecule has 1 aliphatic rings. The number of carbonyl (C=O) groups excluding carboxylic acids is 1. The summed E-state index contributed by atoms with van der Waals surface area (Å²) < 4.78 is 5.11. The van der Waals surface area contributed by atoms with Gasteiger partial charge in [0.1, 0.15) is 0 Å². The predicted octanol–water partition coefficient (Wildman–Crippen LogP) is 1.17. The minimum Gasteiger partial charge on any atom is -0.491 e. The third-order valence-corrected chi connectivity index (χ3v) is 2.61. The summed E-state index contributed by atoms with van der Waals surface area (Å²) in [5.41, 5.74) is 1.58. The Morgan fingerprint density at radius 2 is 2.00 bits per heavy atom. The van der Waals surface area contributed by atoms with E-state index >= 15 is 0 Å². The van der Waals surface area contributed by atoms with Crippen LogP contribution in [0.2, 0.25) is 0 Å². The number of Topliss-reactive ketones (excluding diaryl/α,β-unsaturated/α-hetero) is 1. The number of hydrogen-bond donors (Lipinski definition) is 1. The molecule has 0 heterocycles. The van der Waals surface area contributed by atoms with Crippen molar-refractivity contribution in [3.05, 3.63) is 51.4 Å². The first-order valence-electron chi connectivity index (χ1n) is 5.40. The summed E-state index contributed by atoms with van der Waals surface area (Å²) in [5.74, 6) is 0.0847. The Morgan fingerprint density at radius 3 is 2.65 bits per heavy atom. The first kappa shape index (κ1) is 11.4. The van der Waals surface area contributed by atoms with Gasteiger partial charge in [0.2, 0.25) is 5.78 Å². The lowest BCUT2D eigenvalue weighted by Crippen LogP contribution is -2.13. The van der Waals surface area contributed by atoms with Crippen molar-refractivity contribution in [1.29, 1.82) is 0 Å². The Morgan fingerprint density at radius 1 is 1.24 bits per heavy atom. The Kier molecular flexibility index (Phi) is 2.95. The quantitative estimate of drug-likeness (QED) is 0.848. The van der Waals surface area contributed by atoms with E-state index in [1.165, 1.54) is 19.2 Å². The van der Waals surface area contributed by atoms with Crippen molar-refractivity contribution in [2.24, 2.45) is 0 Å². The smallest absolute Gasteiger partial charge is 0.230 e. The van der Waals surface area contributed by atoms with Crippen LogP contribution in [0, 0.1) is 0 Å². The molecule has 0 radical (unpaired) electrons. The number of ketones is 1. The molecule has 88 valence electrons. The van der Waals surface area contributed by atoms with E-state index in [2.05, 4.69) is 5.32 Å². The van der Waals surface area contributed by atoms with Crippen molar-refractivity contribution in [3.8, 4) is 0 Å². The average molecular weight is 231 g/mol.